The fourth-order valence-electron chi connectivity index (χ4n) is 1.84. The molecule has 0 saturated carbocycles. The second kappa shape index (κ2) is 7.03. The summed E-state index contributed by atoms with van der Waals surface area (Å²) < 4.78 is 51.6. The quantitative estimate of drug-likeness (QED) is 0.357. The predicted octanol–water partition coefficient (Wildman–Crippen LogP) is 1.28. The number of nitrogens with zero attached hydrogens (tertiary/aromatic N) is 2. The number of halogens is 4. The molecule has 0 spiro atoms. The minimum atomic E-state index is -5.43. The smallest absolute Gasteiger partial charge is 0.481 e. The van der Waals surface area contributed by atoms with Crippen molar-refractivity contribution in [1.29, 1.82) is 0 Å². The van der Waals surface area contributed by atoms with Crippen LogP contribution in [0.15, 0.2) is 28.4 Å². The highest BCUT2D eigenvalue weighted by molar-refractivity contribution is 8.15. The number of rotatable bonds is 5. The Hall–Kier alpha value is -2.37. The van der Waals surface area contributed by atoms with Crippen LogP contribution in [-0.2, 0) is 9.59 Å². The molecule has 1 aromatic rings. The van der Waals surface area contributed by atoms with Gasteiger partial charge in [0, 0.05) is 0 Å². The van der Waals surface area contributed by atoms with E-state index in [0.717, 1.165) is 30.1 Å². The van der Waals surface area contributed by atoms with E-state index in [-0.39, 0.29) is 10.7 Å². The molecule has 1 atom stereocenters. The summed E-state index contributed by atoms with van der Waals surface area (Å²) in [4.78, 5) is 22.0. The Labute approximate surface area is 137 Å². The van der Waals surface area contributed by atoms with E-state index in [9.17, 15) is 26.9 Å². The van der Waals surface area contributed by atoms with E-state index in [0.29, 0.717) is 6.07 Å². The molecule has 12 heteroatoms. The van der Waals surface area contributed by atoms with Gasteiger partial charge in [-0.05, 0) is 11.6 Å². The van der Waals surface area contributed by atoms with Crippen LogP contribution in [0.5, 0.6) is 0 Å². The molecule has 0 aliphatic carbocycles. The van der Waals surface area contributed by atoms with Crippen LogP contribution in [0.3, 0.4) is 0 Å². The van der Waals surface area contributed by atoms with Crippen molar-refractivity contribution in [2.24, 2.45) is 10.2 Å². The maximum absolute atomic E-state index is 13.0. The van der Waals surface area contributed by atoms with Crippen molar-refractivity contribution >= 4 is 47.5 Å². The third kappa shape index (κ3) is 4.57. The largest absolute Gasteiger partial charge is 0.510 e. The van der Waals surface area contributed by atoms with Gasteiger partial charge in [0.1, 0.15) is 11.1 Å². The molecule has 1 aliphatic rings. The number of carboxylic acid groups (broad SMARTS) is 1. The number of benzene rings is 1. The van der Waals surface area contributed by atoms with E-state index >= 15 is 0 Å². The van der Waals surface area contributed by atoms with E-state index < -0.39 is 41.8 Å². The lowest BCUT2D eigenvalue weighted by Crippen LogP contribution is -2.37. The lowest BCUT2D eigenvalue weighted by Gasteiger charge is -2.17. The standard InChI is InChI=1S/C12H9BF4N3O3S/c14-7-2-1-6(8(3-7)13(15,16)17)5-18-20-12-19-11(23)9(24-12)4-10(21)22/h1-3,5,9H,4H2,(H,21,22)(H,19,20,23)/q-1. The zero-order chi connectivity index (χ0) is 17.9. The molecule has 1 unspecified atom stereocenters. The second-order valence-corrected chi connectivity index (χ2v) is 5.88. The number of hydrogen-bond acceptors (Lipinski definition) is 5. The van der Waals surface area contributed by atoms with Crippen molar-refractivity contribution in [1.82, 2.24) is 5.32 Å². The zero-order valence-corrected chi connectivity index (χ0v) is 12.6. The Morgan fingerprint density at radius 3 is 2.75 bits per heavy atom. The Kier molecular flexibility index (Phi) is 5.27. The monoisotopic (exact) mass is 362 g/mol. The van der Waals surface area contributed by atoms with Crippen LogP contribution in [0, 0.1) is 5.82 Å². The molecule has 24 heavy (non-hydrogen) atoms. The van der Waals surface area contributed by atoms with Crippen LogP contribution >= 0.6 is 11.8 Å². The van der Waals surface area contributed by atoms with Gasteiger partial charge in [0.05, 0.1) is 12.6 Å². The van der Waals surface area contributed by atoms with E-state index in [1.165, 1.54) is 0 Å². The van der Waals surface area contributed by atoms with Gasteiger partial charge < -0.3 is 23.4 Å². The van der Waals surface area contributed by atoms with Gasteiger partial charge in [0.2, 0.25) is 5.91 Å². The van der Waals surface area contributed by atoms with Crippen LogP contribution in [0.25, 0.3) is 0 Å². The third-order valence-corrected chi connectivity index (χ3v) is 3.96. The molecule has 1 fully saturated rings. The first-order chi connectivity index (χ1) is 11.2. The Balaban J connectivity index is 2.15. The Morgan fingerprint density at radius 2 is 2.12 bits per heavy atom. The molecule has 6 nitrogen and oxygen atoms in total. The summed E-state index contributed by atoms with van der Waals surface area (Å²) in [6.07, 6.45) is 0.367. The van der Waals surface area contributed by atoms with Crippen molar-refractivity contribution in [3.05, 3.63) is 29.6 Å². The van der Waals surface area contributed by atoms with Gasteiger partial charge >= 0.3 is 12.9 Å². The van der Waals surface area contributed by atoms with E-state index in [4.69, 9.17) is 5.11 Å². The molecular weight excluding hydrogens is 353 g/mol. The number of thioether (sulfide) groups is 1. The number of aliphatic carboxylic acids is 1. The van der Waals surface area contributed by atoms with E-state index in [2.05, 4.69) is 15.5 Å². The highest BCUT2D eigenvalue weighted by Crippen LogP contribution is 2.22. The van der Waals surface area contributed by atoms with Crippen LogP contribution in [0.2, 0.25) is 0 Å². The predicted molar refractivity (Wildman–Crippen MR) is 81.9 cm³/mol. The number of carbonyl (C=O) groups excluding carboxylic acids is 1. The second-order valence-electron chi connectivity index (χ2n) is 4.69. The van der Waals surface area contributed by atoms with Gasteiger partial charge in [0.25, 0.3) is 0 Å². The first kappa shape index (κ1) is 18.0. The molecule has 0 radical (unpaired) electrons. The van der Waals surface area contributed by atoms with Gasteiger partial charge in [-0.25, -0.2) is 4.39 Å². The average molecular weight is 362 g/mol. The highest BCUT2D eigenvalue weighted by Gasteiger charge is 2.32. The van der Waals surface area contributed by atoms with Crippen molar-refractivity contribution < 1.29 is 32.0 Å². The molecule has 2 rings (SSSR count). The first-order valence-electron chi connectivity index (χ1n) is 6.46. The van der Waals surface area contributed by atoms with Crippen LogP contribution in [0.4, 0.5) is 17.3 Å². The lowest BCUT2D eigenvalue weighted by atomic mass is 9.77. The molecular formula is C12H9BF4N3O3S-. The summed E-state index contributed by atoms with van der Waals surface area (Å²) in [5.74, 6) is -2.77. The van der Waals surface area contributed by atoms with Gasteiger partial charge in [0.15, 0.2) is 5.17 Å². The van der Waals surface area contributed by atoms with Gasteiger partial charge in [-0.3, -0.25) is 9.59 Å². The molecule has 0 aromatic heterocycles. The zero-order valence-electron chi connectivity index (χ0n) is 11.7. The van der Waals surface area contributed by atoms with E-state index in [1.54, 1.807) is 0 Å². The number of amides is 1. The number of nitrogens with one attached hydrogen (secondary N) is 1. The molecule has 0 bridgehead atoms. The maximum Gasteiger partial charge on any atom is 0.510 e. The van der Waals surface area contributed by atoms with E-state index in [1.807, 2.05) is 0 Å². The van der Waals surface area contributed by atoms with Crippen molar-refractivity contribution in [3.63, 3.8) is 0 Å². The minimum absolute atomic E-state index is 0.0244. The van der Waals surface area contributed by atoms with Crippen molar-refractivity contribution in [3.8, 4) is 0 Å². The number of carbonyl (C=O) groups is 2. The number of carboxylic acids is 1. The SMILES string of the molecule is O=C(O)CC1SC(=NN=Cc2ccc(F)cc2[B-](F)(F)F)NC1=O. The first-order valence-corrected chi connectivity index (χ1v) is 7.34. The van der Waals surface area contributed by atoms with Crippen LogP contribution in [-0.4, -0.2) is 40.6 Å². The average Bonchev–Trinajstić information content (AvgIpc) is 2.79. The molecule has 1 saturated heterocycles. The van der Waals surface area contributed by atoms with Crippen LogP contribution < -0.4 is 10.8 Å². The fraction of sp³-hybridized carbons (Fsp3) is 0.167. The lowest BCUT2D eigenvalue weighted by molar-refractivity contribution is -0.138. The Morgan fingerprint density at radius 1 is 1.42 bits per heavy atom. The number of hydrogen-bond donors (Lipinski definition) is 2. The van der Waals surface area contributed by atoms with Crippen LogP contribution in [0.1, 0.15) is 12.0 Å². The summed E-state index contributed by atoms with van der Waals surface area (Å²) in [5.41, 5.74) is -1.52. The molecule has 1 heterocycles. The van der Waals surface area contributed by atoms with Gasteiger partial charge in [-0.1, -0.05) is 29.4 Å². The van der Waals surface area contributed by atoms with Crippen molar-refractivity contribution in [2.45, 2.75) is 11.7 Å². The van der Waals surface area contributed by atoms with Gasteiger partial charge in [-0.15, -0.1) is 5.10 Å². The summed E-state index contributed by atoms with van der Waals surface area (Å²) in [6, 6.07) is 2.13. The minimum Gasteiger partial charge on any atom is -0.481 e. The fourth-order valence-corrected chi connectivity index (χ4v) is 2.75. The summed E-state index contributed by atoms with van der Waals surface area (Å²) in [6.45, 7) is -5.43. The third-order valence-electron chi connectivity index (χ3n) is 2.88. The molecule has 128 valence electrons. The topological polar surface area (TPSA) is 91.1 Å². The van der Waals surface area contributed by atoms with Gasteiger partial charge in [-0.2, -0.15) is 5.10 Å². The number of amidine groups is 1. The summed E-state index contributed by atoms with van der Waals surface area (Å²) in [5, 5.41) is 17.0. The highest BCUT2D eigenvalue weighted by atomic mass is 32.2. The molecule has 1 aromatic carbocycles. The van der Waals surface area contributed by atoms with Crippen molar-refractivity contribution in [2.75, 3.05) is 0 Å². The molecule has 1 amide bonds. The normalized spacial score (nSPS) is 19.9. The molecule has 1 aliphatic heterocycles. The molecule has 2 N–H and O–H groups in total. The Bertz CT molecular complexity index is 739. The summed E-state index contributed by atoms with van der Waals surface area (Å²) >= 11 is 0.811. The maximum atomic E-state index is 13.0. The summed E-state index contributed by atoms with van der Waals surface area (Å²) in [7, 11) is 0.